The summed E-state index contributed by atoms with van der Waals surface area (Å²) in [5.41, 5.74) is 0.869. The number of halogens is 1. The van der Waals surface area contributed by atoms with Crippen molar-refractivity contribution in [2.45, 2.75) is 31.7 Å². The number of benzene rings is 1. The topological polar surface area (TPSA) is 52.6 Å². The van der Waals surface area contributed by atoms with Gasteiger partial charge in [-0.1, -0.05) is 18.6 Å². The molecule has 0 aliphatic heterocycles. The molecule has 0 atom stereocenters. The highest BCUT2D eigenvalue weighted by Gasteiger charge is 2.26. The number of carbonyl (C=O) groups excluding carboxylic acids is 1. The highest BCUT2D eigenvalue weighted by atomic mass is 127. The van der Waals surface area contributed by atoms with Gasteiger partial charge in [-0.05, 0) is 54.0 Å². The molecule has 1 aromatic rings. The molecule has 0 unspecified atom stereocenters. The summed E-state index contributed by atoms with van der Waals surface area (Å²) in [7, 11) is 0. The van der Waals surface area contributed by atoms with Crippen LogP contribution < -0.4 is 5.32 Å². The molecule has 1 aliphatic carbocycles. The predicted molar refractivity (Wildman–Crippen MR) is 88.7 cm³/mol. The summed E-state index contributed by atoms with van der Waals surface area (Å²) in [6.07, 6.45) is 4.31. The Labute approximate surface area is 133 Å². The van der Waals surface area contributed by atoms with Crippen molar-refractivity contribution in [2.75, 3.05) is 25.0 Å². The van der Waals surface area contributed by atoms with E-state index in [1.807, 2.05) is 24.3 Å². The van der Waals surface area contributed by atoms with Gasteiger partial charge in [0.1, 0.15) is 0 Å². The van der Waals surface area contributed by atoms with Crippen LogP contribution in [0, 0.1) is 3.57 Å². The molecule has 5 heteroatoms. The van der Waals surface area contributed by atoms with Gasteiger partial charge in [0.25, 0.3) is 0 Å². The third-order valence-corrected chi connectivity index (χ3v) is 4.63. The Morgan fingerprint density at radius 1 is 1.40 bits per heavy atom. The smallest absolute Gasteiger partial charge is 0.238 e. The molecule has 2 rings (SSSR count). The van der Waals surface area contributed by atoms with Gasteiger partial charge in [-0.2, -0.15) is 0 Å². The second-order valence-electron chi connectivity index (χ2n) is 5.16. The maximum Gasteiger partial charge on any atom is 0.238 e. The fourth-order valence-electron chi connectivity index (χ4n) is 2.35. The molecule has 1 aliphatic rings. The number of aliphatic hydroxyl groups is 1. The Hall–Kier alpha value is -0.660. The van der Waals surface area contributed by atoms with E-state index in [4.69, 9.17) is 5.11 Å². The monoisotopic (exact) mass is 388 g/mol. The minimum atomic E-state index is 0.0268. The molecule has 2 N–H and O–H groups in total. The normalized spacial score (nSPS) is 15.2. The van der Waals surface area contributed by atoms with Crippen LogP contribution in [0.4, 0.5) is 5.69 Å². The van der Waals surface area contributed by atoms with E-state index in [1.54, 1.807) is 0 Å². The third-order valence-electron chi connectivity index (χ3n) is 3.69. The quantitative estimate of drug-likeness (QED) is 0.706. The first-order chi connectivity index (χ1) is 9.70. The summed E-state index contributed by atoms with van der Waals surface area (Å²) in [5.74, 6) is 0.0268. The van der Waals surface area contributed by atoms with Crippen LogP contribution in [0.25, 0.3) is 0 Å². The largest absolute Gasteiger partial charge is 0.396 e. The number of amides is 1. The van der Waals surface area contributed by atoms with Crippen LogP contribution in [0.15, 0.2) is 24.3 Å². The van der Waals surface area contributed by atoms with E-state index in [-0.39, 0.29) is 12.5 Å². The van der Waals surface area contributed by atoms with Crippen LogP contribution in [0.2, 0.25) is 0 Å². The number of hydrogen-bond donors (Lipinski definition) is 2. The van der Waals surface area contributed by atoms with Crippen LogP contribution in [0.3, 0.4) is 0 Å². The molecule has 0 aromatic heterocycles. The van der Waals surface area contributed by atoms with Crippen molar-refractivity contribution >= 4 is 34.2 Å². The summed E-state index contributed by atoms with van der Waals surface area (Å²) >= 11 is 2.22. The molecule has 1 amide bonds. The Kier molecular flexibility index (Phi) is 6.25. The number of para-hydroxylation sites is 1. The van der Waals surface area contributed by atoms with E-state index in [2.05, 4.69) is 32.8 Å². The van der Waals surface area contributed by atoms with Crippen LogP contribution in [-0.2, 0) is 4.79 Å². The molecule has 0 heterocycles. The second kappa shape index (κ2) is 7.95. The van der Waals surface area contributed by atoms with Gasteiger partial charge in [-0.25, -0.2) is 0 Å². The lowest BCUT2D eigenvalue weighted by Crippen LogP contribution is -2.45. The minimum absolute atomic E-state index is 0.0268. The van der Waals surface area contributed by atoms with E-state index in [1.165, 1.54) is 19.3 Å². The zero-order chi connectivity index (χ0) is 14.4. The summed E-state index contributed by atoms with van der Waals surface area (Å²) in [4.78, 5) is 14.4. The number of anilines is 1. The fraction of sp³-hybridized carbons (Fsp3) is 0.533. The molecule has 1 saturated carbocycles. The molecular formula is C15H21IN2O2. The van der Waals surface area contributed by atoms with Gasteiger partial charge >= 0.3 is 0 Å². The van der Waals surface area contributed by atoms with E-state index in [0.29, 0.717) is 12.6 Å². The first-order valence-corrected chi connectivity index (χ1v) is 8.18. The highest BCUT2D eigenvalue weighted by molar-refractivity contribution is 14.1. The lowest BCUT2D eigenvalue weighted by atomic mass is 9.91. The Morgan fingerprint density at radius 2 is 2.15 bits per heavy atom. The lowest BCUT2D eigenvalue weighted by molar-refractivity contribution is -0.118. The summed E-state index contributed by atoms with van der Waals surface area (Å²) < 4.78 is 1.05. The van der Waals surface area contributed by atoms with Crippen molar-refractivity contribution in [3.63, 3.8) is 0 Å². The van der Waals surface area contributed by atoms with Crippen molar-refractivity contribution in [1.29, 1.82) is 0 Å². The number of hydrogen-bond acceptors (Lipinski definition) is 3. The maximum absolute atomic E-state index is 12.2. The van der Waals surface area contributed by atoms with Crippen molar-refractivity contribution in [3.05, 3.63) is 27.8 Å². The van der Waals surface area contributed by atoms with E-state index < -0.39 is 0 Å². The maximum atomic E-state index is 12.2. The summed E-state index contributed by atoms with van der Waals surface area (Å²) in [5, 5.41) is 11.9. The molecule has 0 spiro atoms. The fourth-order valence-corrected chi connectivity index (χ4v) is 2.88. The van der Waals surface area contributed by atoms with E-state index in [0.717, 1.165) is 22.2 Å². The van der Waals surface area contributed by atoms with Gasteiger partial charge in [-0.3, -0.25) is 9.69 Å². The standard InChI is InChI=1S/C15H21IN2O2/c16-13-7-1-2-8-14(13)17-15(20)11-18(9-4-10-19)12-5-3-6-12/h1-2,7-8,12,19H,3-6,9-11H2,(H,17,20). The van der Waals surface area contributed by atoms with Crippen LogP contribution >= 0.6 is 22.6 Å². The van der Waals surface area contributed by atoms with E-state index >= 15 is 0 Å². The first-order valence-electron chi connectivity index (χ1n) is 7.10. The molecule has 0 bridgehead atoms. The molecule has 20 heavy (non-hydrogen) atoms. The highest BCUT2D eigenvalue weighted by Crippen LogP contribution is 2.25. The Morgan fingerprint density at radius 3 is 2.75 bits per heavy atom. The van der Waals surface area contributed by atoms with Crippen LogP contribution in [0.5, 0.6) is 0 Å². The average Bonchev–Trinajstić information content (AvgIpc) is 2.36. The average molecular weight is 388 g/mol. The number of aliphatic hydroxyl groups excluding tert-OH is 1. The minimum Gasteiger partial charge on any atom is -0.396 e. The molecule has 0 radical (unpaired) electrons. The number of nitrogens with one attached hydrogen (secondary N) is 1. The Balaban J connectivity index is 1.89. The molecule has 0 saturated heterocycles. The summed E-state index contributed by atoms with van der Waals surface area (Å²) in [6, 6.07) is 8.29. The predicted octanol–water partition coefficient (Wildman–Crippen LogP) is 2.47. The number of rotatable bonds is 7. The molecule has 1 aromatic carbocycles. The first kappa shape index (κ1) is 15.7. The second-order valence-corrected chi connectivity index (χ2v) is 6.32. The van der Waals surface area contributed by atoms with Gasteiger partial charge in [0.05, 0.1) is 12.2 Å². The summed E-state index contributed by atoms with van der Waals surface area (Å²) in [6.45, 7) is 1.39. The molecular weight excluding hydrogens is 367 g/mol. The SMILES string of the molecule is O=C(CN(CCCO)C1CCC1)Nc1ccccc1I. The van der Waals surface area contributed by atoms with Gasteiger partial charge < -0.3 is 10.4 Å². The van der Waals surface area contributed by atoms with Crippen molar-refractivity contribution in [1.82, 2.24) is 4.90 Å². The number of carbonyl (C=O) groups is 1. The Bertz CT molecular complexity index is 449. The van der Waals surface area contributed by atoms with Crippen molar-refractivity contribution < 1.29 is 9.90 Å². The zero-order valence-corrected chi connectivity index (χ0v) is 13.7. The zero-order valence-electron chi connectivity index (χ0n) is 11.5. The van der Waals surface area contributed by atoms with Gasteiger partial charge in [0.2, 0.25) is 5.91 Å². The lowest BCUT2D eigenvalue weighted by Gasteiger charge is -2.37. The van der Waals surface area contributed by atoms with Gasteiger partial charge in [-0.15, -0.1) is 0 Å². The molecule has 4 nitrogen and oxygen atoms in total. The van der Waals surface area contributed by atoms with Gasteiger partial charge in [0, 0.05) is 22.8 Å². The van der Waals surface area contributed by atoms with Gasteiger partial charge in [0.15, 0.2) is 0 Å². The van der Waals surface area contributed by atoms with Crippen LogP contribution in [0.1, 0.15) is 25.7 Å². The number of nitrogens with zero attached hydrogens (tertiary/aromatic N) is 1. The van der Waals surface area contributed by atoms with Crippen LogP contribution in [-0.4, -0.2) is 41.7 Å². The molecule has 1 fully saturated rings. The van der Waals surface area contributed by atoms with Crippen molar-refractivity contribution in [2.24, 2.45) is 0 Å². The molecule has 110 valence electrons. The third kappa shape index (κ3) is 4.43. The van der Waals surface area contributed by atoms with Crippen molar-refractivity contribution in [3.8, 4) is 0 Å². The van der Waals surface area contributed by atoms with E-state index in [9.17, 15) is 4.79 Å².